The Kier molecular flexibility index (Phi) is 4.65. The van der Waals surface area contributed by atoms with Crippen LogP contribution in [0.25, 0.3) is 0 Å². The molecule has 1 saturated carbocycles. The molecule has 1 aliphatic carbocycles. The van der Waals surface area contributed by atoms with Crippen molar-refractivity contribution in [1.82, 2.24) is 9.88 Å². The lowest BCUT2D eigenvalue weighted by molar-refractivity contribution is 0.0746. The van der Waals surface area contributed by atoms with Crippen LogP contribution < -0.4 is 15.0 Å². The molecule has 1 amide bonds. The summed E-state index contributed by atoms with van der Waals surface area (Å²) in [6.45, 7) is 2.97. The zero-order valence-electron chi connectivity index (χ0n) is 15.0. The zero-order chi connectivity index (χ0) is 17.9. The predicted molar refractivity (Wildman–Crippen MR) is 102 cm³/mol. The van der Waals surface area contributed by atoms with Gasteiger partial charge in [-0.25, -0.2) is 4.98 Å². The van der Waals surface area contributed by atoms with Crippen molar-refractivity contribution >= 4 is 17.4 Å². The van der Waals surface area contributed by atoms with Crippen molar-refractivity contribution < 1.29 is 9.53 Å². The van der Waals surface area contributed by atoms with Crippen LogP contribution in [0.2, 0.25) is 0 Å². The van der Waals surface area contributed by atoms with Crippen molar-refractivity contribution in [2.45, 2.75) is 18.9 Å². The molecule has 2 aliphatic rings. The Morgan fingerprint density at radius 1 is 1.12 bits per heavy atom. The number of methoxy groups -OCH3 is 1. The molecular formula is C20H24N4O2. The van der Waals surface area contributed by atoms with Crippen molar-refractivity contribution in [2.24, 2.45) is 0 Å². The summed E-state index contributed by atoms with van der Waals surface area (Å²) >= 11 is 0. The molecule has 4 rings (SSSR count). The van der Waals surface area contributed by atoms with Crippen molar-refractivity contribution in [1.29, 1.82) is 0 Å². The van der Waals surface area contributed by atoms with Gasteiger partial charge < -0.3 is 19.9 Å². The van der Waals surface area contributed by atoms with Gasteiger partial charge in [-0.15, -0.1) is 0 Å². The van der Waals surface area contributed by atoms with Gasteiger partial charge in [0.1, 0.15) is 11.6 Å². The number of ether oxygens (including phenoxy) is 1. The summed E-state index contributed by atoms with van der Waals surface area (Å²) in [5.74, 6) is 1.77. The van der Waals surface area contributed by atoms with Crippen LogP contribution in [0.1, 0.15) is 23.2 Å². The van der Waals surface area contributed by atoms with E-state index in [0.717, 1.165) is 30.3 Å². The fraction of sp³-hybridized carbons (Fsp3) is 0.400. The molecule has 1 saturated heterocycles. The standard InChI is InChI=1S/C20H24N4O2/c1-26-18-5-3-2-4-17(18)23-10-12-24(13-11-23)20(25)15-6-9-19(21-14-15)22-16-7-8-16/h2-6,9,14,16H,7-8,10-13H2,1H3,(H,21,22). The fourth-order valence-electron chi connectivity index (χ4n) is 3.27. The number of benzene rings is 1. The molecule has 0 atom stereocenters. The molecule has 26 heavy (non-hydrogen) atoms. The summed E-state index contributed by atoms with van der Waals surface area (Å²) in [5, 5.41) is 3.34. The topological polar surface area (TPSA) is 57.7 Å². The molecule has 0 radical (unpaired) electrons. The van der Waals surface area contributed by atoms with Crippen LogP contribution in [0.3, 0.4) is 0 Å². The molecule has 1 N–H and O–H groups in total. The maximum Gasteiger partial charge on any atom is 0.255 e. The number of para-hydroxylation sites is 2. The lowest BCUT2D eigenvalue weighted by Gasteiger charge is -2.36. The van der Waals surface area contributed by atoms with Crippen LogP contribution >= 0.6 is 0 Å². The van der Waals surface area contributed by atoms with Crippen LogP contribution in [-0.4, -0.2) is 55.1 Å². The third kappa shape index (κ3) is 3.59. The number of amides is 1. The van der Waals surface area contributed by atoms with Crippen molar-refractivity contribution in [3.8, 4) is 5.75 Å². The van der Waals surface area contributed by atoms with E-state index in [1.165, 1.54) is 12.8 Å². The Hall–Kier alpha value is -2.76. The highest BCUT2D eigenvalue weighted by atomic mass is 16.5. The van der Waals surface area contributed by atoms with Crippen LogP contribution in [-0.2, 0) is 0 Å². The number of piperazine rings is 1. The van der Waals surface area contributed by atoms with Crippen molar-refractivity contribution in [3.63, 3.8) is 0 Å². The smallest absolute Gasteiger partial charge is 0.255 e. The Bertz CT molecular complexity index is 766. The normalized spacial score (nSPS) is 17.1. The van der Waals surface area contributed by atoms with Gasteiger partial charge in [0.25, 0.3) is 5.91 Å². The summed E-state index contributed by atoms with van der Waals surface area (Å²) in [7, 11) is 1.69. The molecule has 1 aromatic heterocycles. The third-order valence-corrected chi connectivity index (χ3v) is 4.93. The molecule has 2 aromatic rings. The Balaban J connectivity index is 1.37. The molecule has 2 heterocycles. The minimum absolute atomic E-state index is 0.0511. The van der Waals surface area contributed by atoms with Crippen LogP contribution in [0.15, 0.2) is 42.6 Å². The number of pyridine rings is 1. The lowest BCUT2D eigenvalue weighted by Crippen LogP contribution is -2.48. The van der Waals surface area contributed by atoms with Gasteiger partial charge in [-0.1, -0.05) is 12.1 Å². The summed E-state index contributed by atoms with van der Waals surface area (Å²) in [4.78, 5) is 21.3. The summed E-state index contributed by atoms with van der Waals surface area (Å²) < 4.78 is 5.45. The van der Waals surface area contributed by atoms with Gasteiger partial charge in [0.2, 0.25) is 0 Å². The molecule has 0 spiro atoms. The van der Waals surface area contributed by atoms with E-state index >= 15 is 0 Å². The molecular weight excluding hydrogens is 328 g/mol. The summed E-state index contributed by atoms with van der Waals surface area (Å²) in [6.07, 6.45) is 4.09. The van der Waals surface area contributed by atoms with Gasteiger partial charge >= 0.3 is 0 Å². The first-order valence-corrected chi connectivity index (χ1v) is 9.14. The molecule has 1 aromatic carbocycles. The highest BCUT2D eigenvalue weighted by Gasteiger charge is 2.24. The van der Waals surface area contributed by atoms with Crippen LogP contribution in [0.5, 0.6) is 5.75 Å². The first kappa shape index (κ1) is 16.7. The second-order valence-electron chi connectivity index (χ2n) is 6.80. The maximum atomic E-state index is 12.7. The SMILES string of the molecule is COc1ccccc1N1CCN(C(=O)c2ccc(NC3CC3)nc2)CC1. The van der Waals surface area contributed by atoms with Crippen LogP contribution in [0, 0.1) is 0 Å². The largest absolute Gasteiger partial charge is 0.495 e. The monoisotopic (exact) mass is 352 g/mol. The van der Waals surface area contributed by atoms with E-state index in [-0.39, 0.29) is 5.91 Å². The quantitative estimate of drug-likeness (QED) is 0.896. The number of anilines is 2. The molecule has 136 valence electrons. The minimum Gasteiger partial charge on any atom is -0.495 e. The number of rotatable bonds is 5. The van der Waals surface area contributed by atoms with E-state index in [1.807, 2.05) is 35.2 Å². The Morgan fingerprint density at radius 2 is 1.88 bits per heavy atom. The minimum atomic E-state index is 0.0511. The van der Waals surface area contributed by atoms with Crippen molar-refractivity contribution in [3.05, 3.63) is 48.2 Å². The predicted octanol–water partition coefficient (Wildman–Crippen LogP) is 2.63. The van der Waals surface area contributed by atoms with Gasteiger partial charge in [0, 0.05) is 38.4 Å². The zero-order valence-corrected chi connectivity index (χ0v) is 15.0. The maximum absolute atomic E-state index is 12.7. The van der Waals surface area contributed by atoms with Crippen LogP contribution in [0.4, 0.5) is 11.5 Å². The number of nitrogens with one attached hydrogen (secondary N) is 1. The number of carbonyl (C=O) groups is 1. The number of carbonyl (C=O) groups excluding carboxylic acids is 1. The first-order valence-electron chi connectivity index (χ1n) is 9.14. The van der Waals surface area contributed by atoms with E-state index in [9.17, 15) is 4.79 Å². The molecule has 0 bridgehead atoms. The van der Waals surface area contributed by atoms with E-state index < -0.39 is 0 Å². The summed E-state index contributed by atoms with van der Waals surface area (Å²) in [5.41, 5.74) is 1.73. The van der Waals surface area contributed by atoms with E-state index in [1.54, 1.807) is 13.3 Å². The Labute approximate surface area is 153 Å². The first-order chi connectivity index (χ1) is 12.7. The van der Waals surface area contributed by atoms with E-state index in [2.05, 4.69) is 21.3 Å². The molecule has 6 heteroatoms. The van der Waals surface area contributed by atoms with Crippen molar-refractivity contribution in [2.75, 3.05) is 43.5 Å². The third-order valence-electron chi connectivity index (χ3n) is 4.93. The van der Waals surface area contributed by atoms with Gasteiger partial charge in [0.15, 0.2) is 0 Å². The van der Waals surface area contributed by atoms with Gasteiger partial charge in [0.05, 0.1) is 18.4 Å². The molecule has 6 nitrogen and oxygen atoms in total. The summed E-state index contributed by atoms with van der Waals surface area (Å²) in [6, 6.07) is 12.3. The highest BCUT2D eigenvalue weighted by molar-refractivity contribution is 5.94. The second-order valence-corrected chi connectivity index (χ2v) is 6.80. The van der Waals surface area contributed by atoms with Gasteiger partial charge in [-0.2, -0.15) is 0 Å². The average Bonchev–Trinajstić information content (AvgIpc) is 3.52. The molecule has 1 aliphatic heterocycles. The number of hydrogen-bond acceptors (Lipinski definition) is 5. The lowest BCUT2D eigenvalue weighted by atomic mass is 10.2. The second kappa shape index (κ2) is 7.23. The van der Waals surface area contributed by atoms with E-state index in [4.69, 9.17) is 4.74 Å². The fourth-order valence-corrected chi connectivity index (χ4v) is 3.27. The van der Waals surface area contributed by atoms with Gasteiger partial charge in [-0.05, 0) is 37.1 Å². The van der Waals surface area contributed by atoms with Gasteiger partial charge in [-0.3, -0.25) is 4.79 Å². The number of hydrogen-bond donors (Lipinski definition) is 1. The van der Waals surface area contributed by atoms with E-state index in [0.29, 0.717) is 24.7 Å². The highest BCUT2D eigenvalue weighted by Crippen LogP contribution is 2.28. The number of aromatic nitrogens is 1. The average molecular weight is 352 g/mol. The Morgan fingerprint density at radius 3 is 2.54 bits per heavy atom. The number of nitrogens with zero attached hydrogens (tertiary/aromatic N) is 3. The molecule has 0 unspecified atom stereocenters. The molecule has 2 fully saturated rings.